The lowest BCUT2D eigenvalue weighted by atomic mass is 10.2. The molecule has 0 saturated heterocycles. The zero-order chi connectivity index (χ0) is 15.2. The van der Waals surface area contributed by atoms with Crippen LogP contribution in [0.5, 0.6) is 0 Å². The molecule has 5 heteroatoms. The van der Waals surface area contributed by atoms with Crippen LogP contribution in [0.1, 0.15) is 5.56 Å². The number of nitrogens with one attached hydrogen (secondary N) is 1. The van der Waals surface area contributed by atoms with E-state index in [0.717, 1.165) is 11.3 Å². The van der Waals surface area contributed by atoms with E-state index in [9.17, 15) is 4.79 Å². The predicted molar refractivity (Wildman–Crippen MR) is 86.0 cm³/mol. The Morgan fingerprint density at radius 3 is 2.52 bits per heavy atom. The number of nitrogens with zero attached hydrogens (tertiary/aromatic N) is 1. The number of para-hydroxylation sites is 1. The highest BCUT2D eigenvalue weighted by atomic mass is 35.5. The quantitative estimate of drug-likeness (QED) is 0.922. The van der Waals surface area contributed by atoms with Crippen LogP contribution in [0.3, 0.4) is 0 Å². The maximum absolute atomic E-state index is 11.9. The molecule has 1 N–H and O–H groups in total. The van der Waals surface area contributed by atoms with Crippen molar-refractivity contribution < 1.29 is 9.53 Å². The Labute approximate surface area is 129 Å². The molecule has 0 spiro atoms. The lowest BCUT2D eigenvalue weighted by Crippen LogP contribution is -2.17. The van der Waals surface area contributed by atoms with Gasteiger partial charge in [-0.3, -0.25) is 5.32 Å². The van der Waals surface area contributed by atoms with Crippen molar-refractivity contribution in [3.63, 3.8) is 0 Å². The Kier molecular flexibility index (Phi) is 5.06. The van der Waals surface area contributed by atoms with Gasteiger partial charge in [0.15, 0.2) is 0 Å². The minimum absolute atomic E-state index is 0.227. The van der Waals surface area contributed by atoms with Gasteiger partial charge in [0.25, 0.3) is 0 Å². The van der Waals surface area contributed by atoms with Crippen LogP contribution >= 0.6 is 11.6 Å². The summed E-state index contributed by atoms with van der Waals surface area (Å²) >= 11 is 6.15. The lowest BCUT2D eigenvalue weighted by Gasteiger charge is -2.19. The van der Waals surface area contributed by atoms with Crippen LogP contribution in [-0.2, 0) is 11.3 Å². The Morgan fingerprint density at radius 2 is 1.86 bits per heavy atom. The second-order valence-electron chi connectivity index (χ2n) is 4.72. The number of benzene rings is 2. The van der Waals surface area contributed by atoms with E-state index >= 15 is 0 Å². The fraction of sp³-hybridized carbons (Fsp3) is 0.188. The van der Waals surface area contributed by atoms with Crippen LogP contribution in [0, 0.1) is 0 Å². The molecule has 0 radical (unpaired) electrons. The van der Waals surface area contributed by atoms with Crippen LogP contribution in [0.15, 0.2) is 48.5 Å². The molecular weight excluding hydrogens is 288 g/mol. The van der Waals surface area contributed by atoms with Crippen LogP contribution in [0.25, 0.3) is 0 Å². The number of halogens is 1. The van der Waals surface area contributed by atoms with Crippen molar-refractivity contribution in [2.24, 2.45) is 0 Å². The SMILES string of the molecule is CN(C)c1c(Cl)cccc1NC(=O)OCc1ccccc1. The Bertz CT molecular complexity index is 615. The molecule has 0 saturated carbocycles. The summed E-state index contributed by atoms with van der Waals surface area (Å²) in [4.78, 5) is 13.7. The molecule has 0 aliphatic heterocycles. The third-order valence-corrected chi connectivity index (χ3v) is 3.19. The van der Waals surface area contributed by atoms with E-state index in [2.05, 4.69) is 5.32 Å². The van der Waals surface area contributed by atoms with Crippen molar-refractivity contribution in [3.8, 4) is 0 Å². The summed E-state index contributed by atoms with van der Waals surface area (Å²) < 4.78 is 5.19. The third-order valence-electron chi connectivity index (χ3n) is 2.88. The Balaban J connectivity index is 2.02. The zero-order valence-corrected chi connectivity index (χ0v) is 12.7. The molecule has 0 aliphatic rings. The number of anilines is 2. The van der Waals surface area contributed by atoms with Crippen LogP contribution in [-0.4, -0.2) is 20.2 Å². The highest BCUT2D eigenvalue weighted by molar-refractivity contribution is 6.34. The summed E-state index contributed by atoms with van der Waals surface area (Å²) in [5.41, 5.74) is 2.30. The molecule has 2 aromatic carbocycles. The second kappa shape index (κ2) is 6.99. The van der Waals surface area contributed by atoms with Gasteiger partial charge in [0, 0.05) is 14.1 Å². The van der Waals surface area contributed by atoms with Gasteiger partial charge in [-0.1, -0.05) is 48.0 Å². The Morgan fingerprint density at radius 1 is 1.14 bits per heavy atom. The molecule has 0 atom stereocenters. The van der Waals surface area contributed by atoms with E-state index in [4.69, 9.17) is 16.3 Å². The maximum Gasteiger partial charge on any atom is 0.412 e. The first-order valence-electron chi connectivity index (χ1n) is 6.51. The molecule has 2 rings (SSSR count). The molecule has 0 aliphatic carbocycles. The van der Waals surface area contributed by atoms with Crippen LogP contribution < -0.4 is 10.2 Å². The van der Waals surface area contributed by atoms with E-state index in [0.29, 0.717) is 10.7 Å². The highest BCUT2D eigenvalue weighted by Gasteiger charge is 2.12. The second-order valence-corrected chi connectivity index (χ2v) is 5.12. The first kappa shape index (κ1) is 15.2. The minimum Gasteiger partial charge on any atom is -0.444 e. The zero-order valence-electron chi connectivity index (χ0n) is 12.0. The number of carbonyl (C=O) groups excluding carboxylic acids is 1. The molecule has 0 bridgehead atoms. The number of amides is 1. The lowest BCUT2D eigenvalue weighted by molar-refractivity contribution is 0.155. The summed E-state index contributed by atoms with van der Waals surface area (Å²) in [7, 11) is 3.73. The van der Waals surface area contributed by atoms with E-state index in [1.807, 2.05) is 49.3 Å². The fourth-order valence-corrected chi connectivity index (χ4v) is 2.28. The molecule has 0 aromatic heterocycles. The van der Waals surface area contributed by atoms with E-state index in [1.54, 1.807) is 18.2 Å². The van der Waals surface area contributed by atoms with Crippen molar-refractivity contribution in [1.29, 1.82) is 0 Å². The Hall–Kier alpha value is -2.20. The monoisotopic (exact) mass is 304 g/mol. The number of hydrogen-bond acceptors (Lipinski definition) is 3. The molecule has 110 valence electrons. The first-order chi connectivity index (χ1) is 10.1. The first-order valence-corrected chi connectivity index (χ1v) is 6.89. The van der Waals surface area contributed by atoms with Crippen LogP contribution in [0.2, 0.25) is 5.02 Å². The summed E-state index contributed by atoms with van der Waals surface area (Å²) in [6, 6.07) is 14.9. The molecule has 0 fully saturated rings. The van der Waals surface area contributed by atoms with Gasteiger partial charge >= 0.3 is 6.09 Å². The maximum atomic E-state index is 11.9. The van der Waals surface area contributed by atoms with Crippen molar-refractivity contribution in [2.45, 2.75) is 6.61 Å². The van der Waals surface area contributed by atoms with E-state index in [1.165, 1.54) is 0 Å². The molecule has 0 heterocycles. The van der Waals surface area contributed by atoms with Gasteiger partial charge in [0.05, 0.1) is 16.4 Å². The predicted octanol–water partition coefficient (Wildman–Crippen LogP) is 4.15. The number of carbonyl (C=O) groups is 1. The van der Waals surface area contributed by atoms with Gasteiger partial charge in [-0.15, -0.1) is 0 Å². The van der Waals surface area contributed by atoms with Gasteiger partial charge in [0.2, 0.25) is 0 Å². The van der Waals surface area contributed by atoms with Crippen molar-refractivity contribution in [3.05, 3.63) is 59.1 Å². The largest absolute Gasteiger partial charge is 0.444 e. The molecule has 1 amide bonds. The molecular formula is C16H17ClN2O2. The number of rotatable bonds is 4. The molecule has 4 nitrogen and oxygen atoms in total. The third kappa shape index (κ3) is 4.13. The average Bonchev–Trinajstić information content (AvgIpc) is 2.46. The van der Waals surface area contributed by atoms with Gasteiger partial charge in [0.1, 0.15) is 6.61 Å². The smallest absolute Gasteiger partial charge is 0.412 e. The van der Waals surface area contributed by atoms with Gasteiger partial charge in [-0.25, -0.2) is 4.79 Å². The van der Waals surface area contributed by atoms with E-state index in [-0.39, 0.29) is 6.61 Å². The summed E-state index contributed by atoms with van der Waals surface area (Å²) in [6.45, 7) is 0.227. The van der Waals surface area contributed by atoms with Gasteiger partial charge in [-0.2, -0.15) is 0 Å². The van der Waals surface area contributed by atoms with Crippen LogP contribution in [0.4, 0.5) is 16.2 Å². The van der Waals surface area contributed by atoms with Crippen molar-refractivity contribution in [1.82, 2.24) is 0 Å². The minimum atomic E-state index is -0.510. The number of hydrogen-bond donors (Lipinski definition) is 1. The number of ether oxygens (including phenoxy) is 1. The topological polar surface area (TPSA) is 41.6 Å². The van der Waals surface area contributed by atoms with E-state index < -0.39 is 6.09 Å². The van der Waals surface area contributed by atoms with Gasteiger partial charge in [-0.05, 0) is 17.7 Å². The normalized spacial score (nSPS) is 10.0. The summed E-state index contributed by atoms with van der Waals surface area (Å²) in [5.74, 6) is 0. The summed E-state index contributed by atoms with van der Waals surface area (Å²) in [5, 5.41) is 3.29. The summed E-state index contributed by atoms with van der Waals surface area (Å²) in [6.07, 6.45) is -0.510. The van der Waals surface area contributed by atoms with Crippen molar-refractivity contribution in [2.75, 3.05) is 24.3 Å². The van der Waals surface area contributed by atoms with Crippen molar-refractivity contribution >= 4 is 29.1 Å². The molecule has 21 heavy (non-hydrogen) atoms. The highest BCUT2D eigenvalue weighted by Crippen LogP contribution is 2.32. The average molecular weight is 305 g/mol. The molecule has 0 unspecified atom stereocenters. The standard InChI is InChI=1S/C16H17ClN2O2/c1-19(2)15-13(17)9-6-10-14(15)18-16(20)21-11-12-7-4-3-5-8-12/h3-10H,11H2,1-2H3,(H,18,20). The fourth-order valence-electron chi connectivity index (χ4n) is 1.94. The molecule has 2 aromatic rings. The van der Waals surface area contributed by atoms with Gasteiger partial charge < -0.3 is 9.64 Å².